The number of carbonyl (C=O) groups excluding carboxylic acids is 1. The molecule has 98 valence electrons. The monoisotopic (exact) mass is 328 g/mol. The zero-order valence-corrected chi connectivity index (χ0v) is 12.5. The van der Waals surface area contributed by atoms with E-state index in [-0.39, 0.29) is 5.91 Å². The SMILES string of the molecule is NC1CC[C@@H]2CN(C(=O)c3csc(Br)c3)C[C@@H]2C1. The van der Waals surface area contributed by atoms with Crippen molar-refractivity contribution >= 4 is 33.2 Å². The Hall–Kier alpha value is -0.390. The molecule has 2 N–H and O–H groups in total. The third-order valence-corrected chi connectivity index (χ3v) is 5.70. The van der Waals surface area contributed by atoms with E-state index >= 15 is 0 Å². The minimum atomic E-state index is 0.180. The topological polar surface area (TPSA) is 46.3 Å². The Balaban J connectivity index is 1.70. The number of likely N-dealkylation sites (tertiary alicyclic amines) is 1. The first kappa shape index (κ1) is 12.6. The van der Waals surface area contributed by atoms with Crippen molar-refractivity contribution in [3.63, 3.8) is 0 Å². The summed E-state index contributed by atoms with van der Waals surface area (Å²) in [6.45, 7) is 1.81. The summed E-state index contributed by atoms with van der Waals surface area (Å²) < 4.78 is 1.02. The van der Waals surface area contributed by atoms with Crippen LogP contribution in [0.3, 0.4) is 0 Å². The normalized spacial score (nSPS) is 31.4. The van der Waals surface area contributed by atoms with Crippen LogP contribution in [-0.4, -0.2) is 29.9 Å². The zero-order chi connectivity index (χ0) is 12.7. The van der Waals surface area contributed by atoms with Gasteiger partial charge in [-0.25, -0.2) is 0 Å². The lowest BCUT2D eigenvalue weighted by Gasteiger charge is -2.27. The number of hydrogen-bond acceptors (Lipinski definition) is 3. The van der Waals surface area contributed by atoms with Crippen LogP contribution in [0, 0.1) is 11.8 Å². The second-order valence-electron chi connectivity index (χ2n) is 5.44. The average Bonchev–Trinajstić information content (AvgIpc) is 2.93. The van der Waals surface area contributed by atoms with Crippen molar-refractivity contribution in [3.05, 3.63) is 20.8 Å². The van der Waals surface area contributed by atoms with E-state index in [4.69, 9.17) is 5.73 Å². The molecule has 1 aromatic heterocycles. The number of nitrogens with two attached hydrogens (primary N) is 1. The van der Waals surface area contributed by atoms with E-state index in [0.717, 1.165) is 35.3 Å². The minimum absolute atomic E-state index is 0.180. The molecule has 0 radical (unpaired) electrons. The average molecular weight is 329 g/mol. The van der Waals surface area contributed by atoms with Gasteiger partial charge in [0.1, 0.15) is 0 Å². The third-order valence-electron chi connectivity index (χ3n) is 4.19. The number of rotatable bonds is 1. The quantitative estimate of drug-likeness (QED) is 0.861. The highest BCUT2D eigenvalue weighted by Gasteiger charge is 2.38. The summed E-state index contributed by atoms with van der Waals surface area (Å²) in [5.41, 5.74) is 6.83. The Morgan fingerprint density at radius 2 is 2.17 bits per heavy atom. The molecule has 0 bridgehead atoms. The molecule has 1 saturated heterocycles. The smallest absolute Gasteiger partial charge is 0.254 e. The summed E-state index contributed by atoms with van der Waals surface area (Å²) in [7, 11) is 0. The molecule has 3 rings (SSSR count). The highest BCUT2D eigenvalue weighted by atomic mass is 79.9. The van der Waals surface area contributed by atoms with Gasteiger partial charge in [0, 0.05) is 24.5 Å². The van der Waals surface area contributed by atoms with Crippen LogP contribution in [0.25, 0.3) is 0 Å². The van der Waals surface area contributed by atoms with Gasteiger partial charge in [0.05, 0.1) is 9.35 Å². The van der Waals surface area contributed by atoms with E-state index in [1.807, 2.05) is 16.3 Å². The van der Waals surface area contributed by atoms with Gasteiger partial charge in [0.25, 0.3) is 5.91 Å². The number of nitrogens with zero attached hydrogens (tertiary/aromatic N) is 1. The van der Waals surface area contributed by atoms with Gasteiger partial charge in [0.2, 0.25) is 0 Å². The molecule has 0 spiro atoms. The maximum absolute atomic E-state index is 12.4. The molecule has 0 aromatic carbocycles. The molecule has 2 heterocycles. The van der Waals surface area contributed by atoms with Crippen LogP contribution >= 0.6 is 27.3 Å². The summed E-state index contributed by atoms with van der Waals surface area (Å²) in [6.07, 6.45) is 3.39. The molecule has 2 aliphatic rings. The van der Waals surface area contributed by atoms with Crippen LogP contribution in [0.4, 0.5) is 0 Å². The Morgan fingerprint density at radius 3 is 2.89 bits per heavy atom. The van der Waals surface area contributed by atoms with E-state index in [0.29, 0.717) is 17.9 Å². The molecular formula is C13H17BrN2OS. The second-order valence-corrected chi connectivity index (χ2v) is 7.73. The predicted molar refractivity (Wildman–Crippen MR) is 76.7 cm³/mol. The molecule has 1 saturated carbocycles. The van der Waals surface area contributed by atoms with Gasteiger partial charge in [0.15, 0.2) is 0 Å². The molecule has 18 heavy (non-hydrogen) atoms. The van der Waals surface area contributed by atoms with Gasteiger partial charge in [-0.05, 0) is 53.1 Å². The van der Waals surface area contributed by atoms with Crippen LogP contribution < -0.4 is 5.73 Å². The standard InChI is InChI=1S/C13H17BrN2OS/c14-12-4-10(7-18-12)13(17)16-5-8-1-2-11(15)3-9(8)6-16/h4,7-9,11H,1-3,5-6,15H2/t8-,9+,11?/m1/s1. The molecule has 2 fully saturated rings. The van der Waals surface area contributed by atoms with Crippen molar-refractivity contribution in [1.82, 2.24) is 4.90 Å². The van der Waals surface area contributed by atoms with Gasteiger partial charge in [-0.15, -0.1) is 11.3 Å². The van der Waals surface area contributed by atoms with Crippen LogP contribution in [0.5, 0.6) is 0 Å². The molecule has 1 aliphatic heterocycles. The fourth-order valence-corrected chi connectivity index (χ4v) is 4.37. The van der Waals surface area contributed by atoms with E-state index in [1.165, 1.54) is 6.42 Å². The highest BCUT2D eigenvalue weighted by Crippen LogP contribution is 2.36. The van der Waals surface area contributed by atoms with Crippen LogP contribution in [0.1, 0.15) is 29.6 Å². The van der Waals surface area contributed by atoms with Crippen LogP contribution in [0.15, 0.2) is 15.2 Å². The first-order valence-corrected chi connectivity index (χ1v) is 8.09. The number of halogens is 1. The molecule has 3 atom stereocenters. The van der Waals surface area contributed by atoms with E-state index in [9.17, 15) is 4.79 Å². The number of hydrogen-bond donors (Lipinski definition) is 1. The molecule has 3 nitrogen and oxygen atoms in total. The minimum Gasteiger partial charge on any atom is -0.338 e. The van der Waals surface area contributed by atoms with Crippen molar-refractivity contribution in [2.75, 3.05) is 13.1 Å². The Kier molecular flexibility index (Phi) is 3.47. The third kappa shape index (κ3) is 2.36. The van der Waals surface area contributed by atoms with Gasteiger partial charge in [-0.2, -0.15) is 0 Å². The van der Waals surface area contributed by atoms with Gasteiger partial charge in [-0.3, -0.25) is 4.79 Å². The van der Waals surface area contributed by atoms with Crippen LogP contribution in [-0.2, 0) is 0 Å². The summed E-state index contributed by atoms with van der Waals surface area (Å²) in [6, 6.07) is 2.26. The Bertz CT molecular complexity index is 462. The lowest BCUT2D eigenvalue weighted by molar-refractivity contribution is 0.0784. The van der Waals surface area contributed by atoms with Gasteiger partial charge >= 0.3 is 0 Å². The fraction of sp³-hybridized carbons (Fsp3) is 0.615. The van der Waals surface area contributed by atoms with Gasteiger partial charge < -0.3 is 10.6 Å². The van der Waals surface area contributed by atoms with Crippen molar-refractivity contribution in [3.8, 4) is 0 Å². The van der Waals surface area contributed by atoms with E-state index in [2.05, 4.69) is 15.9 Å². The van der Waals surface area contributed by atoms with Crippen molar-refractivity contribution in [2.24, 2.45) is 17.6 Å². The molecule has 1 aromatic rings. The second kappa shape index (κ2) is 4.94. The largest absolute Gasteiger partial charge is 0.338 e. The molecule has 1 aliphatic carbocycles. The number of fused-ring (bicyclic) bond motifs is 1. The fourth-order valence-electron chi connectivity index (χ4n) is 3.24. The summed E-state index contributed by atoms with van der Waals surface area (Å²) in [5.74, 6) is 1.48. The lowest BCUT2D eigenvalue weighted by Crippen LogP contribution is -2.32. The molecule has 1 amide bonds. The maximum Gasteiger partial charge on any atom is 0.254 e. The predicted octanol–water partition coefficient (Wildman–Crippen LogP) is 2.71. The van der Waals surface area contributed by atoms with Gasteiger partial charge in [-0.1, -0.05) is 0 Å². The molecule has 1 unspecified atom stereocenters. The first-order valence-electron chi connectivity index (χ1n) is 6.42. The summed E-state index contributed by atoms with van der Waals surface area (Å²) >= 11 is 4.98. The summed E-state index contributed by atoms with van der Waals surface area (Å²) in [5, 5.41) is 1.93. The number of carbonyl (C=O) groups is 1. The lowest BCUT2D eigenvalue weighted by atomic mass is 9.79. The first-order chi connectivity index (χ1) is 8.63. The maximum atomic E-state index is 12.4. The van der Waals surface area contributed by atoms with Crippen molar-refractivity contribution in [1.29, 1.82) is 0 Å². The Labute approximate surface area is 119 Å². The number of thiophene rings is 1. The number of amides is 1. The zero-order valence-electron chi connectivity index (χ0n) is 10.1. The summed E-state index contributed by atoms with van der Waals surface area (Å²) in [4.78, 5) is 14.4. The van der Waals surface area contributed by atoms with E-state index in [1.54, 1.807) is 11.3 Å². The highest BCUT2D eigenvalue weighted by molar-refractivity contribution is 9.11. The molecule has 5 heteroatoms. The van der Waals surface area contributed by atoms with E-state index < -0.39 is 0 Å². The van der Waals surface area contributed by atoms with Crippen molar-refractivity contribution in [2.45, 2.75) is 25.3 Å². The van der Waals surface area contributed by atoms with Crippen LogP contribution in [0.2, 0.25) is 0 Å². The van der Waals surface area contributed by atoms with Crippen molar-refractivity contribution < 1.29 is 4.79 Å². The Morgan fingerprint density at radius 1 is 1.39 bits per heavy atom. The molecular weight excluding hydrogens is 312 g/mol.